The van der Waals surface area contributed by atoms with Crippen LogP contribution in [0.4, 0.5) is 0 Å². The highest BCUT2D eigenvalue weighted by atomic mass is 16.5. The van der Waals surface area contributed by atoms with Gasteiger partial charge in [0.05, 0.1) is 11.1 Å². The SMILES string of the molecule is O=C(COC(=O)c1ccccc1)c1ccccc1.O=C(Cc1ccccc1C(=O)O)c1ccccc1. The van der Waals surface area contributed by atoms with Crippen LogP contribution in [0.5, 0.6) is 0 Å². The Balaban J connectivity index is 0.000000201. The average Bonchev–Trinajstić information content (AvgIpc) is 2.93. The molecule has 0 heterocycles. The van der Waals surface area contributed by atoms with Crippen LogP contribution in [0.2, 0.25) is 0 Å². The van der Waals surface area contributed by atoms with E-state index in [0.29, 0.717) is 22.3 Å². The fourth-order valence-electron chi connectivity index (χ4n) is 3.28. The number of ether oxygens (including phenoxy) is 1. The van der Waals surface area contributed by atoms with Crippen molar-refractivity contribution in [3.63, 3.8) is 0 Å². The number of carboxylic acids is 1. The van der Waals surface area contributed by atoms with Crippen LogP contribution in [-0.4, -0.2) is 35.2 Å². The maximum Gasteiger partial charge on any atom is 0.338 e. The third-order valence-corrected chi connectivity index (χ3v) is 5.13. The van der Waals surface area contributed by atoms with Gasteiger partial charge in [0.15, 0.2) is 18.2 Å². The van der Waals surface area contributed by atoms with Crippen LogP contribution in [0.1, 0.15) is 47.0 Å². The molecule has 4 aromatic rings. The van der Waals surface area contributed by atoms with Crippen LogP contribution in [0.25, 0.3) is 0 Å². The van der Waals surface area contributed by atoms with Crippen molar-refractivity contribution in [3.8, 4) is 0 Å². The molecule has 0 aliphatic heterocycles. The number of rotatable bonds is 8. The lowest BCUT2D eigenvalue weighted by molar-refractivity contribution is 0.0474. The molecular weight excluding hydrogens is 456 g/mol. The summed E-state index contributed by atoms with van der Waals surface area (Å²) in [5, 5.41) is 9.04. The van der Waals surface area contributed by atoms with E-state index < -0.39 is 11.9 Å². The summed E-state index contributed by atoms with van der Waals surface area (Å²) in [5.41, 5.74) is 2.30. The molecule has 0 amide bonds. The largest absolute Gasteiger partial charge is 0.478 e. The molecule has 36 heavy (non-hydrogen) atoms. The van der Waals surface area contributed by atoms with Crippen molar-refractivity contribution in [2.45, 2.75) is 6.42 Å². The molecule has 0 unspecified atom stereocenters. The molecule has 0 saturated carbocycles. The second-order valence-electron chi connectivity index (χ2n) is 7.66. The summed E-state index contributed by atoms with van der Waals surface area (Å²) < 4.78 is 4.96. The van der Waals surface area contributed by atoms with E-state index in [-0.39, 0.29) is 30.2 Å². The van der Waals surface area contributed by atoms with E-state index in [0.717, 1.165) is 0 Å². The van der Waals surface area contributed by atoms with Crippen molar-refractivity contribution in [3.05, 3.63) is 143 Å². The third kappa shape index (κ3) is 7.60. The molecule has 0 fully saturated rings. The Morgan fingerprint density at radius 3 is 1.53 bits per heavy atom. The Morgan fingerprint density at radius 1 is 0.556 bits per heavy atom. The third-order valence-electron chi connectivity index (χ3n) is 5.13. The maximum atomic E-state index is 12.0. The van der Waals surface area contributed by atoms with Crippen LogP contribution in [0, 0.1) is 0 Å². The summed E-state index contributed by atoms with van der Waals surface area (Å²) in [6, 6.07) is 32.8. The van der Waals surface area contributed by atoms with Gasteiger partial charge in [-0.05, 0) is 23.8 Å². The van der Waals surface area contributed by atoms with Crippen LogP contribution in [0.15, 0.2) is 115 Å². The van der Waals surface area contributed by atoms with Gasteiger partial charge in [-0.1, -0.05) is 97.1 Å². The van der Waals surface area contributed by atoms with Crippen molar-refractivity contribution >= 4 is 23.5 Å². The molecule has 1 N–H and O–H groups in total. The molecule has 6 nitrogen and oxygen atoms in total. The summed E-state index contributed by atoms with van der Waals surface area (Å²) in [6.45, 7) is -0.238. The first-order chi connectivity index (χ1) is 17.5. The Kier molecular flexibility index (Phi) is 9.42. The molecule has 0 aliphatic carbocycles. The fourth-order valence-corrected chi connectivity index (χ4v) is 3.28. The molecule has 0 radical (unpaired) electrons. The molecular formula is C30H24O6. The first-order valence-corrected chi connectivity index (χ1v) is 11.2. The van der Waals surface area contributed by atoms with Gasteiger partial charge >= 0.3 is 11.9 Å². The van der Waals surface area contributed by atoms with Gasteiger partial charge in [0.1, 0.15) is 0 Å². The van der Waals surface area contributed by atoms with Gasteiger partial charge in [-0.15, -0.1) is 0 Å². The van der Waals surface area contributed by atoms with Gasteiger partial charge in [0, 0.05) is 17.5 Å². The number of aromatic carboxylic acids is 1. The number of carbonyl (C=O) groups excluding carboxylic acids is 3. The van der Waals surface area contributed by atoms with Gasteiger partial charge in [-0.3, -0.25) is 9.59 Å². The highest BCUT2D eigenvalue weighted by Gasteiger charge is 2.13. The standard InChI is InChI=1S/2C15H12O3/c16-14(12-7-3-1-4-8-12)11-18-15(17)13-9-5-2-6-10-13;16-14(11-6-2-1-3-7-11)10-12-8-4-5-9-13(12)15(17)18/h1-10H,11H2;1-9H,10H2,(H,17,18). The number of carbonyl (C=O) groups is 4. The van der Waals surface area contributed by atoms with Gasteiger partial charge in [0.2, 0.25) is 0 Å². The second-order valence-corrected chi connectivity index (χ2v) is 7.66. The van der Waals surface area contributed by atoms with E-state index >= 15 is 0 Å². The van der Waals surface area contributed by atoms with E-state index in [9.17, 15) is 19.2 Å². The highest BCUT2D eigenvalue weighted by Crippen LogP contribution is 2.13. The van der Waals surface area contributed by atoms with Crippen molar-refractivity contribution in [1.82, 2.24) is 0 Å². The van der Waals surface area contributed by atoms with Gasteiger partial charge in [-0.2, -0.15) is 0 Å². The van der Waals surface area contributed by atoms with E-state index in [1.54, 1.807) is 91.0 Å². The van der Waals surface area contributed by atoms with Crippen LogP contribution in [-0.2, 0) is 11.2 Å². The zero-order valence-electron chi connectivity index (χ0n) is 19.4. The number of Topliss-reactive ketones (excluding diaryl/α,β-unsaturated/α-hetero) is 2. The topological polar surface area (TPSA) is 97.7 Å². The lowest BCUT2D eigenvalue weighted by Gasteiger charge is -2.05. The van der Waals surface area contributed by atoms with E-state index in [1.807, 2.05) is 18.2 Å². The molecule has 0 aromatic heterocycles. The predicted octanol–water partition coefficient (Wildman–Crippen LogP) is 5.54. The molecule has 4 aromatic carbocycles. The highest BCUT2D eigenvalue weighted by molar-refractivity contribution is 6.00. The van der Waals surface area contributed by atoms with Gasteiger partial charge in [0.25, 0.3) is 0 Å². The first kappa shape index (κ1) is 25.8. The minimum Gasteiger partial charge on any atom is -0.478 e. The number of esters is 1. The van der Waals surface area contributed by atoms with Crippen molar-refractivity contribution in [2.24, 2.45) is 0 Å². The fraction of sp³-hybridized carbons (Fsp3) is 0.0667. The molecule has 6 heteroatoms. The number of carboxylic acid groups (broad SMARTS) is 1. The Hall–Kier alpha value is -4.84. The van der Waals surface area contributed by atoms with Crippen LogP contribution in [0.3, 0.4) is 0 Å². The quantitative estimate of drug-likeness (QED) is 0.263. The van der Waals surface area contributed by atoms with Crippen LogP contribution < -0.4 is 0 Å². The minimum atomic E-state index is -1.01. The molecule has 0 aliphatic rings. The normalized spacial score (nSPS) is 9.89. The maximum absolute atomic E-state index is 12.0. The Labute approximate surface area is 208 Å². The molecule has 0 saturated heterocycles. The Morgan fingerprint density at radius 2 is 1.00 bits per heavy atom. The van der Waals surface area contributed by atoms with Crippen molar-refractivity contribution in [2.75, 3.05) is 6.61 Å². The second kappa shape index (κ2) is 13.2. The zero-order chi connectivity index (χ0) is 25.8. The predicted molar refractivity (Wildman–Crippen MR) is 135 cm³/mol. The van der Waals surface area contributed by atoms with Gasteiger partial charge < -0.3 is 9.84 Å². The zero-order valence-corrected chi connectivity index (χ0v) is 19.4. The van der Waals surface area contributed by atoms with E-state index in [4.69, 9.17) is 9.84 Å². The minimum absolute atomic E-state index is 0.0794. The number of hydrogen-bond donors (Lipinski definition) is 1. The number of ketones is 2. The molecule has 0 spiro atoms. The van der Waals surface area contributed by atoms with Gasteiger partial charge in [-0.25, -0.2) is 9.59 Å². The summed E-state index contributed by atoms with van der Waals surface area (Å²) in [7, 11) is 0. The van der Waals surface area contributed by atoms with E-state index in [1.165, 1.54) is 6.07 Å². The Bertz CT molecular complexity index is 1260. The summed E-state index contributed by atoms with van der Waals surface area (Å²) >= 11 is 0. The lowest BCUT2D eigenvalue weighted by Crippen LogP contribution is -2.14. The number of benzene rings is 4. The number of hydrogen-bond acceptors (Lipinski definition) is 5. The first-order valence-electron chi connectivity index (χ1n) is 11.2. The summed E-state index contributed by atoms with van der Waals surface area (Å²) in [4.78, 5) is 46.3. The smallest absolute Gasteiger partial charge is 0.338 e. The van der Waals surface area contributed by atoms with Crippen molar-refractivity contribution < 1.29 is 29.0 Å². The molecule has 180 valence electrons. The molecule has 0 bridgehead atoms. The van der Waals surface area contributed by atoms with Crippen molar-refractivity contribution in [1.29, 1.82) is 0 Å². The summed E-state index contributed by atoms with van der Waals surface area (Å²) in [5.74, 6) is -1.78. The lowest BCUT2D eigenvalue weighted by atomic mass is 9.99. The average molecular weight is 481 g/mol. The van der Waals surface area contributed by atoms with Crippen LogP contribution >= 0.6 is 0 Å². The molecule has 4 rings (SSSR count). The van der Waals surface area contributed by atoms with E-state index in [2.05, 4.69) is 0 Å². The molecule has 0 atom stereocenters. The summed E-state index contributed by atoms with van der Waals surface area (Å²) in [6.07, 6.45) is 0.104. The monoisotopic (exact) mass is 480 g/mol.